The Balaban J connectivity index is 2.16. The number of Topliss-reactive ketones (excluding diaryl/α,β-unsaturated/α-hetero) is 1. The predicted molar refractivity (Wildman–Crippen MR) is 62.9 cm³/mol. The lowest BCUT2D eigenvalue weighted by atomic mass is 9.99. The Hall–Kier alpha value is -1.19. The molecule has 0 aromatic heterocycles. The summed E-state index contributed by atoms with van der Waals surface area (Å²) in [6.07, 6.45) is 0. The van der Waals surface area contributed by atoms with E-state index in [1.165, 1.54) is 5.56 Å². The van der Waals surface area contributed by atoms with Crippen molar-refractivity contribution in [3.05, 3.63) is 34.9 Å². The van der Waals surface area contributed by atoms with E-state index in [1.54, 1.807) is 0 Å². The molecule has 3 nitrogen and oxygen atoms in total. The number of ether oxygens (including phenoxy) is 1. The minimum Gasteiger partial charge on any atom is -0.378 e. The molecule has 0 radical (unpaired) electrons. The van der Waals surface area contributed by atoms with Crippen molar-refractivity contribution in [2.75, 3.05) is 19.8 Å². The first-order valence-corrected chi connectivity index (χ1v) is 5.61. The van der Waals surface area contributed by atoms with Crippen molar-refractivity contribution < 1.29 is 9.53 Å². The van der Waals surface area contributed by atoms with Crippen molar-refractivity contribution in [3.8, 4) is 0 Å². The minimum absolute atomic E-state index is 0.128. The van der Waals surface area contributed by atoms with Gasteiger partial charge in [0, 0.05) is 12.1 Å². The molecule has 1 N–H and O–H groups in total. The van der Waals surface area contributed by atoms with Crippen LogP contribution in [0, 0.1) is 13.8 Å². The molecule has 0 spiro atoms. The number of hydrogen-bond acceptors (Lipinski definition) is 3. The number of carbonyl (C=O) groups excluding carboxylic acids is 1. The molecule has 0 aliphatic carbocycles. The topological polar surface area (TPSA) is 38.3 Å². The molecular weight excluding hydrogens is 202 g/mol. The van der Waals surface area contributed by atoms with Gasteiger partial charge in [-0.15, -0.1) is 0 Å². The highest BCUT2D eigenvalue weighted by atomic mass is 16.5. The first-order chi connectivity index (χ1) is 7.68. The fourth-order valence-corrected chi connectivity index (χ4v) is 1.83. The normalized spacial score (nSPS) is 20.8. The van der Waals surface area contributed by atoms with Crippen molar-refractivity contribution in [1.29, 1.82) is 0 Å². The second-order valence-corrected chi connectivity index (χ2v) is 4.24. The molecule has 2 rings (SSSR count). The molecule has 0 bridgehead atoms. The molecule has 86 valence electrons. The number of rotatable bonds is 2. The van der Waals surface area contributed by atoms with Crippen LogP contribution in [0.4, 0.5) is 0 Å². The van der Waals surface area contributed by atoms with E-state index < -0.39 is 0 Å². The van der Waals surface area contributed by atoms with Crippen LogP contribution in [-0.4, -0.2) is 31.6 Å². The van der Waals surface area contributed by atoms with Crippen LogP contribution in [0.25, 0.3) is 0 Å². The third-order valence-electron chi connectivity index (χ3n) is 3.03. The van der Waals surface area contributed by atoms with E-state index >= 15 is 0 Å². The van der Waals surface area contributed by atoms with Gasteiger partial charge in [-0.25, -0.2) is 0 Å². The largest absolute Gasteiger partial charge is 0.378 e. The van der Waals surface area contributed by atoms with Crippen LogP contribution < -0.4 is 5.32 Å². The fourth-order valence-electron chi connectivity index (χ4n) is 1.83. The number of nitrogens with one attached hydrogen (secondary N) is 1. The lowest BCUT2D eigenvalue weighted by Gasteiger charge is -2.22. The zero-order valence-corrected chi connectivity index (χ0v) is 9.75. The number of ketones is 1. The van der Waals surface area contributed by atoms with E-state index in [1.807, 2.05) is 32.0 Å². The maximum absolute atomic E-state index is 12.1. The van der Waals surface area contributed by atoms with Crippen molar-refractivity contribution in [1.82, 2.24) is 5.32 Å². The predicted octanol–water partition coefficient (Wildman–Crippen LogP) is 1.47. The van der Waals surface area contributed by atoms with Gasteiger partial charge >= 0.3 is 0 Å². The molecular formula is C13H17NO2. The lowest BCUT2D eigenvalue weighted by molar-refractivity contribution is 0.0607. The Labute approximate surface area is 95.8 Å². The lowest BCUT2D eigenvalue weighted by Crippen LogP contribution is -2.46. The van der Waals surface area contributed by atoms with Gasteiger partial charge < -0.3 is 10.1 Å². The average molecular weight is 219 g/mol. The van der Waals surface area contributed by atoms with Crippen LogP contribution in [-0.2, 0) is 4.74 Å². The highest BCUT2D eigenvalue weighted by molar-refractivity contribution is 6.00. The van der Waals surface area contributed by atoms with E-state index in [-0.39, 0.29) is 11.8 Å². The van der Waals surface area contributed by atoms with E-state index in [0.29, 0.717) is 13.2 Å². The molecule has 1 aliphatic rings. The quantitative estimate of drug-likeness (QED) is 0.766. The Morgan fingerprint density at radius 3 is 2.81 bits per heavy atom. The third kappa shape index (κ3) is 2.31. The standard InChI is InChI=1S/C13H17NO2/c1-9-3-4-11(7-10(9)2)13(15)12-8-16-6-5-14-12/h3-4,7,12,14H,5-6,8H2,1-2H3. The Kier molecular flexibility index (Phi) is 3.36. The van der Waals surface area contributed by atoms with E-state index in [2.05, 4.69) is 5.32 Å². The number of morpholine rings is 1. The number of aryl methyl sites for hydroxylation is 2. The van der Waals surface area contributed by atoms with E-state index in [4.69, 9.17) is 4.74 Å². The molecule has 1 heterocycles. The summed E-state index contributed by atoms with van der Waals surface area (Å²) in [4.78, 5) is 12.1. The molecule has 0 amide bonds. The molecule has 1 saturated heterocycles. The van der Waals surface area contributed by atoms with Crippen molar-refractivity contribution in [2.24, 2.45) is 0 Å². The summed E-state index contributed by atoms with van der Waals surface area (Å²) in [5.74, 6) is 0.128. The first kappa shape index (κ1) is 11.3. The molecule has 3 heteroatoms. The maximum atomic E-state index is 12.1. The molecule has 0 saturated carbocycles. The zero-order valence-electron chi connectivity index (χ0n) is 9.75. The molecule has 1 aromatic rings. The summed E-state index contributed by atoms with van der Waals surface area (Å²) in [7, 11) is 0. The van der Waals surface area contributed by atoms with Gasteiger partial charge in [-0.1, -0.05) is 12.1 Å². The van der Waals surface area contributed by atoms with Crippen molar-refractivity contribution in [2.45, 2.75) is 19.9 Å². The van der Waals surface area contributed by atoms with Crippen LogP contribution in [0.5, 0.6) is 0 Å². The second-order valence-electron chi connectivity index (χ2n) is 4.24. The highest BCUT2D eigenvalue weighted by Gasteiger charge is 2.22. The van der Waals surface area contributed by atoms with Gasteiger partial charge in [0.1, 0.15) is 0 Å². The van der Waals surface area contributed by atoms with Gasteiger partial charge in [0.25, 0.3) is 0 Å². The number of benzene rings is 1. The molecule has 1 aromatic carbocycles. The summed E-state index contributed by atoms with van der Waals surface area (Å²) >= 11 is 0. The molecule has 16 heavy (non-hydrogen) atoms. The second kappa shape index (κ2) is 4.76. The molecule has 1 atom stereocenters. The smallest absolute Gasteiger partial charge is 0.182 e. The van der Waals surface area contributed by atoms with Gasteiger partial charge in [-0.3, -0.25) is 4.79 Å². The Morgan fingerprint density at radius 1 is 1.38 bits per heavy atom. The summed E-state index contributed by atoms with van der Waals surface area (Å²) in [5, 5.41) is 3.18. The van der Waals surface area contributed by atoms with Crippen molar-refractivity contribution in [3.63, 3.8) is 0 Å². The molecule has 1 unspecified atom stereocenters. The highest BCUT2D eigenvalue weighted by Crippen LogP contribution is 2.12. The Morgan fingerprint density at radius 2 is 2.19 bits per heavy atom. The minimum atomic E-state index is -0.184. The molecule has 1 aliphatic heterocycles. The average Bonchev–Trinajstić information content (AvgIpc) is 2.33. The van der Waals surface area contributed by atoms with E-state index in [9.17, 15) is 4.79 Å². The van der Waals surface area contributed by atoms with Crippen LogP contribution in [0.1, 0.15) is 21.5 Å². The third-order valence-corrected chi connectivity index (χ3v) is 3.03. The fraction of sp³-hybridized carbons (Fsp3) is 0.462. The number of carbonyl (C=O) groups is 1. The van der Waals surface area contributed by atoms with Crippen LogP contribution in [0.3, 0.4) is 0 Å². The first-order valence-electron chi connectivity index (χ1n) is 5.61. The van der Waals surface area contributed by atoms with Gasteiger partial charge in [-0.2, -0.15) is 0 Å². The Bertz CT molecular complexity index is 395. The summed E-state index contributed by atoms with van der Waals surface area (Å²) < 4.78 is 5.30. The van der Waals surface area contributed by atoms with Gasteiger partial charge in [0.2, 0.25) is 0 Å². The van der Waals surface area contributed by atoms with Crippen LogP contribution >= 0.6 is 0 Å². The van der Waals surface area contributed by atoms with Gasteiger partial charge in [0.05, 0.1) is 19.3 Å². The van der Waals surface area contributed by atoms with Crippen molar-refractivity contribution >= 4 is 5.78 Å². The maximum Gasteiger partial charge on any atom is 0.182 e. The van der Waals surface area contributed by atoms with Gasteiger partial charge in [0.15, 0.2) is 5.78 Å². The SMILES string of the molecule is Cc1ccc(C(=O)C2COCCN2)cc1C. The van der Waals surface area contributed by atoms with E-state index in [0.717, 1.165) is 17.7 Å². The summed E-state index contributed by atoms with van der Waals surface area (Å²) in [6.45, 7) is 5.99. The number of hydrogen-bond donors (Lipinski definition) is 1. The molecule has 1 fully saturated rings. The van der Waals surface area contributed by atoms with Crippen LogP contribution in [0.2, 0.25) is 0 Å². The zero-order chi connectivity index (χ0) is 11.5. The summed E-state index contributed by atoms with van der Waals surface area (Å²) in [5.41, 5.74) is 3.14. The van der Waals surface area contributed by atoms with Crippen LogP contribution in [0.15, 0.2) is 18.2 Å². The monoisotopic (exact) mass is 219 g/mol. The van der Waals surface area contributed by atoms with Gasteiger partial charge in [-0.05, 0) is 31.0 Å². The summed E-state index contributed by atoms with van der Waals surface area (Å²) in [6, 6.07) is 5.65.